The summed E-state index contributed by atoms with van der Waals surface area (Å²) in [6.07, 6.45) is 6.45. The van der Waals surface area contributed by atoms with Crippen molar-refractivity contribution >= 4 is 11.3 Å². The van der Waals surface area contributed by atoms with E-state index >= 15 is 0 Å². The minimum absolute atomic E-state index is 0.319. The van der Waals surface area contributed by atoms with Gasteiger partial charge < -0.3 is 5.11 Å². The smallest absolute Gasteiger partial charge is 0.0446 e. The van der Waals surface area contributed by atoms with Crippen molar-refractivity contribution in [2.45, 2.75) is 57.7 Å². The molecule has 2 aliphatic rings. The molecule has 0 amide bonds. The molecule has 1 aliphatic heterocycles. The van der Waals surface area contributed by atoms with Crippen molar-refractivity contribution in [3.05, 3.63) is 21.9 Å². The molecule has 1 N–H and O–H groups in total. The minimum atomic E-state index is 0.319. The Morgan fingerprint density at radius 3 is 2.71 bits per heavy atom. The molecule has 21 heavy (non-hydrogen) atoms. The number of hydrogen-bond donors (Lipinski definition) is 1. The predicted molar refractivity (Wildman–Crippen MR) is 88.8 cm³/mol. The molecule has 4 heteroatoms. The van der Waals surface area contributed by atoms with Crippen molar-refractivity contribution in [1.29, 1.82) is 0 Å². The van der Waals surface area contributed by atoms with E-state index in [1.54, 1.807) is 0 Å². The summed E-state index contributed by atoms with van der Waals surface area (Å²) < 4.78 is 0. The lowest BCUT2D eigenvalue weighted by Gasteiger charge is -2.44. The first-order chi connectivity index (χ1) is 10.3. The van der Waals surface area contributed by atoms with Crippen molar-refractivity contribution < 1.29 is 5.11 Å². The number of aliphatic hydroxyl groups is 1. The molecular formula is C17H28N2OS. The third-order valence-corrected chi connectivity index (χ3v) is 6.03. The predicted octanol–water partition coefficient (Wildman–Crippen LogP) is 2.87. The fourth-order valence-corrected chi connectivity index (χ4v) is 4.92. The van der Waals surface area contributed by atoms with Crippen LogP contribution in [-0.4, -0.2) is 53.2 Å². The monoisotopic (exact) mass is 308 g/mol. The first-order valence-electron chi connectivity index (χ1n) is 8.40. The van der Waals surface area contributed by atoms with Gasteiger partial charge in [0.15, 0.2) is 0 Å². The highest BCUT2D eigenvalue weighted by Gasteiger charge is 2.32. The Bertz CT molecular complexity index is 442. The maximum atomic E-state index is 9.42. The van der Waals surface area contributed by atoms with Crippen molar-refractivity contribution in [1.82, 2.24) is 9.80 Å². The van der Waals surface area contributed by atoms with Crippen molar-refractivity contribution in [2.24, 2.45) is 0 Å². The molecule has 3 rings (SSSR count). The van der Waals surface area contributed by atoms with Gasteiger partial charge in [-0.2, -0.15) is 0 Å². The van der Waals surface area contributed by atoms with Gasteiger partial charge in [0.2, 0.25) is 0 Å². The molecule has 2 heterocycles. The fourth-order valence-electron chi connectivity index (χ4n) is 3.99. The van der Waals surface area contributed by atoms with Crippen molar-refractivity contribution in [3.8, 4) is 0 Å². The van der Waals surface area contributed by atoms with Gasteiger partial charge in [-0.1, -0.05) is 12.8 Å². The fraction of sp³-hybridized carbons (Fsp3) is 0.765. The van der Waals surface area contributed by atoms with Gasteiger partial charge in [0.1, 0.15) is 0 Å². The summed E-state index contributed by atoms with van der Waals surface area (Å²) in [7, 11) is 0. The van der Waals surface area contributed by atoms with Crippen molar-refractivity contribution in [3.63, 3.8) is 0 Å². The molecule has 1 aromatic heterocycles. The number of aliphatic hydroxyl groups excluding tert-OH is 1. The molecule has 0 spiro atoms. The van der Waals surface area contributed by atoms with Crippen LogP contribution in [0.4, 0.5) is 0 Å². The number of rotatable bonds is 5. The third-order valence-electron chi connectivity index (χ3n) is 5.04. The van der Waals surface area contributed by atoms with Crippen LogP contribution in [0.2, 0.25) is 0 Å². The number of thiophene rings is 1. The lowest BCUT2D eigenvalue weighted by Crippen LogP contribution is -2.55. The largest absolute Gasteiger partial charge is 0.396 e. The van der Waals surface area contributed by atoms with E-state index in [0.717, 1.165) is 25.6 Å². The SMILES string of the molecule is Cc1ccc(CN2CCN(C3CCCC3)[C@H](CCO)C2)s1. The van der Waals surface area contributed by atoms with Crippen LogP contribution in [-0.2, 0) is 6.54 Å². The van der Waals surface area contributed by atoms with Gasteiger partial charge in [0, 0.05) is 54.6 Å². The van der Waals surface area contributed by atoms with Gasteiger partial charge in [0.05, 0.1) is 0 Å². The number of aryl methyl sites for hydroxylation is 1. The highest BCUT2D eigenvalue weighted by atomic mass is 32.1. The third kappa shape index (κ3) is 3.86. The molecule has 0 unspecified atom stereocenters. The van der Waals surface area contributed by atoms with E-state index in [-0.39, 0.29) is 0 Å². The molecule has 0 bridgehead atoms. The summed E-state index contributed by atoms with van der Waals surface area (Å²) >= 11 is 1.92. The van der Waals surface area contributed by atoms with Gasteiger partial charge in [-0.15, -0.1) is 11.3 Å². The quantitative estimate of drug-likeness (QED) is 0.906. The summed E-state index contributed by atoms with van der Waals surface area (Å²) in [4.78, 5) is 8.17. The van der Waals surface area contributed by atoms with Crippen LogP contribution in [0.25, 0.3) is 0 Å². The zero-order valence-electron chi connectivity index (χ0n) is 13.1. The molecule has 0 radical (unpaired) electrons. The van der Waals surface area contributed by atoms with Gasteiger partial charge in [-0.05, 0) is 38.3 Å². The highest BCUT2D eigenvalue weighted by Crippen LogP contribution is 2.28. The molecule has 1 atom stereocenters. The summed E-state index contributed by atoms with van der Waals surface area (Å²) in [6.45, 7) is 7.06. The zero-order chi connectivity index (χ0) is 14.7. The Hall–Kier alpha value is -0.420. The van der Waals surface area contributed by atoms with Crippen LogP contribution < -0.4 is 0 Å². The number of nitrogens with zero attached hydrogens (tertiary/aromatic N) is 2. The first kappa shape index (κ1) is 15.5. The Morgan fingerprint density at radius 1 is 1.24 bits per heavy atom. The molecule has 1 aromatic rings. The van der Waals surface area contributed by atoms with Crippen LogP contribution in [0.3, 0.4) is 0 Å². The van der Waals surface area contributed by atoms with Gasteiger partial charge in [-0.3, -0.25) is 9.80 Å². The Kier molecular flexibility index (Phi) is 5.33. The van der Waals surface area contributed by atoms with Crippen LogP contribution in [0.1, 0.15) is 41.9 Å². The van der Waals surface area contributed by atoms with Crippen LogP contribution in [0, 0.1) is 6.92 Å². The van der Waals surface area contributed by atoms with E-state index in [2.05, 4.69) is 28.9 Å². The highest BCUT2D eigenvalue weighted by molar-refractivity contribution is 7.11. The summed E-state index contributed by atoms with van der Waals surface area (Å²) in [5, 5.41) is 9.42. The topological polar surface area (TPSA) is 26.7 Å². The van der Waals surface area contributed by atoms with Gasteiger partial charge in [-0.25, -0.2) is 0 Å². The summed E-state index contributed by atoms with van der Waals surface area (Å²) in [6, 6.07) is 5.82. The summed E-state index contributed by atoms with van der Waals surface area (Å²) in [5.41, 5.74) is 0. The molecule has 2 fully saturated rings. The molecule has 0 aromatic carbocycles. The van der Waals surface area contributed by atoms with E-state index in [1.165, 1.54) is 48.5 Å². The van der Waals surface area contributed by atoms with Crippen LogP contribution >= 0.6 is 11.3 Å². The standard InChI is InChI=1S/C17H28N2OS/c1-14-6-7-17(21-14)13-18-9-10-19(15-4-2-3-5-15)16(12-18)8-11-20/h6-7,15-16,20H,2-5,8-13H2,1H3/t16-/m1/s1. The Labute approximate surface area is 132 Å². The van der Waals surface area contributed by atoms with Crippen molar-refractivity contribution in [2.75, 3.05) is 26.2 Å². The first-order valence-corrected chi connectivity index (χ1v) is 9.22. The maximum Gasteiger partial charge on any atom is 0.0446 e. The lowest BCUT2D eigenvalue weighted by molar-refractivity contribution is 0.0271. The van der Waals surface area contributed by atoms with Gasteiger partial charge in [0.25, 0.3) is 0 Å². The molecule has 1 saturated heterocycles. The van der Waals surface area contributed by atoms with E-state index in [0.29, 0.717) is 12.6 Å². The second-order valence-corrected chi connectivity index (χ2v) is 7.96. The van der Waals surface area contributed by atoms with E-state index in [9.17, 15) is 5.11 Å². The van der Waals surface area contributed by atoms with Gasteiger partial charge >= 0.3 is 0 Å². The average Bonchev–Trinajstić information content (AvgIpc) is 3.12. The lowest BCUT2D eigenvalue weighted by atomic mass is 10.0. The van der Waals surface area contributed by atoms with Crippen LogP contribution in [0.15, 0.2) is 12.1 Å². The van der Waals surface area contributed by atoms with E-state index in [4.69, 9.17) is 0 Å². The molecule has 118 valence electrons. The zero-order valence-corrected chi connectivity index (χ0v) is 13.9. The van der Waals surface area contributed by atoms with E-state index in [1.807, 2.05) is 11.3 Å². The number of hydrogen-bond acceptors (Lipinski definition) is 4. The van der Waals surface area contributed by atoms with E-state index < -0.39 is 0 Å². The molecule has 1 saturated carbocycles. The van der Waals surface area contributed by atoms with Crippen LogP contribution in [0.5, 0.6) is 0 Å². The molecular weight excluding hydrogens is 280 g/mol. The second kappa shape index (κ2) is 7.23. The Balaban J connectivity index is 1.60. The number of piperazine rings is 1. The summed E-state index contributed by atoms with van der Waals surface area (Å²) in [5.74, 6) is 0. The molecule has 1 aliphatic carbocycles. The minimum Gasteiger partial charge on any atom is -0.396 e. The Morgan fingerprint density at radius 2 is 2.05 bits per heavy atom. The average molecular weight is 308 g/mol. The maximum absolute atomic E-state index is 9.42. The second-order valence-electron chi connectivity index (χ2n) is 6.59. The molecule has 3 nitrogen and oxygen atoms in total. The normalized spacial score (nSPS) is 25.7.